The van der Waals surface area contributed by atoms with E-state index in [-0.39, 0.29) is 0 Å². The van der Waals surface area contributed by atoms with Gasteiger partial charge >= 0.3 is 0 Å². The predicted molar refractivity (Wildman–Crippen MR) is 139 cm³/mol. The van der Waals surface area contributed by atoms with Gasteiger partial charge in [-0.2, -0.15) is 0 Å². The first kappa shape index (κ1) is 20.7. The number of fused-ring (bicyclic) bond motifs is 6. The topological polar surface area (TPSA) is 90.9 Å². The van der Waals surface area contributed by atoms with Crippen molar-refractivity contribution in [3.63, 3.8) is 0 Å². The number of H-pyrrole nitrogens is 2. The van der Waals surface area contributed by atoms with Gasteiger partial charge in [-0.3, -0.25) is 0 Å². The van der Waals surface area contributed by atoms with Gasteiger partial charge in [0.05, 0.1) is 17.6 Å². The van der Waals surface area contributed by atoms with Crippen LogP contribution in [-0.4, -0.2) is 42.3 Å². The molecule has 170 valence electrons. The van der Waals surface area contributed by atoms with Crippen molar-refractivity contribution in [1.29, 1.82) is 0 Å². The highest BCUT2D eigenvalue weighted by molar-refractivity contribution is 6.32. The zero-order valence-electron chi connectivity index (χ0n) is 18.4. The Morgan fingerprint density at radius 2 is 1.61 bits per heavy atom. The maximum absolute atomic E-state index is 6.46. The molecule has 0 aliphatic carbocycles. The molecule has 0 amide bonds. The van der Waals surface area contributed by atoms with Crippen molar-refractivity contribution < 1.29 is 4.74 Å². The number of benzene rings is 3. The van der Waals surface area contributed by atoms with Crippen LogP contribution in [0, 0.1) is 0 Å². The third-order valence-electron chi connectivity index (χ3n) is 6.75. The van der Waals surface area contributed by atoms with Crippen LogP contribution in [0.5, 0.6) is 5.75 Å². The van der Waals surface area contributed by atoms with Crippen LogP contribution in [0.1, 0.15) is 19.3 Å². The number of anilines is 1. The average molecular weight is 462 g/mol. The zero-order chi connectivity index (χ0) is 22.4. The molecule has 33 heavy (non-hydrogen) atoms. The smallest absolute Gasteiger partial charge is 0.167 e. The molecular formula is C26H28ClN5O. The number of ether oxygens (including phenoxy) is 1. The quantitative estimate of drug-likeness (QED) is 0.175. The summed E-state index contributed by atoms with van der Waals surface area (Å²) < 4.78 is 6.46. The largest absolute Gasteiger partial charge is 0.489 e. The highest BCUT2D eigenvalue weighted by Gasteiger charge is 2.18. The van der Waals surface area contributed by atoms with Crippen LogP contribution in [-0.2, 0) is 0 Å². The van der Waals surface area contributed by atoms with E-state index < -0.39 is 0 Å². The van der Waals surface area contributed by atoms with Crippen LogP contribution in [0.3, 0.4) is 0 Å². The first-order chi connectivity index (χ1) is 16.2. The van der Waals surface area contributed by atoms with E-state index in [1.54, 1.807) is 0 Å². The van der Waals surface area contributed by atoms with Gasteiger partial charge < -0.3 is 31.1 Å². The Kier molecular flexibility index (Phi) is 5.29. The van der Waals surface area contributed by atoms with Crippen LogP contribution >= 0.6 is 11.6 Å². The van der Waals surface area contributed by atoms with Gasteiger partial charge in [-0.25, -0.2) is 0 Å². The summed E-state index contributed by atoms with van der Waals surface area (Å²) in [7, 11) is 0. The molecule has 0 unspecified atom stereocenters. The number of nitrogens with one attached hydrogen (secondary N) is 4. The molecule has 0 atom stereocenters. The summed E-state index contributed by atoms with van der Waals surface area (Å²) in [6, 6.07) is 14.7. The SMILES string of the molecule is Nc1ccc2[nH]c3c(OCCCNC4CCNCC4)c4[nH]c5ccc(Cl)cc5c4cc3c2c1. The third kappa shape index (κ3) is 3.78. The van der Waals surface area contributed by atoms with Gasteiger partial charge in [-0.05, 0) is 81.4 Å². The fourth-order valence-corrected chi connectivity index (χ4v) is 5.24. The summed E-state index contributed by atoms with van der Waals surface area (Å²) in [6.45, 7) is 3.79. The highest BCUT2D eigenvalue weighted by atomic mass is 35.5. The molecule has 1 aliphatic rings. The van der Waals surface area contributed by atoms with E-state index in [0.29, 0.717) is 12.6 Å². The predicted octanol–water partition coefficient (Wildman–Crippen LogP) is 5.30. The second-order valence-corrected chi connectivity index (χ2v) is 9.41. The molecule has 0 spiro atoms. The molecule has 1 aliphatic heterocycles. The highest BCUT2D eigenvalue weighted by Crippen LogP contribution is 2.41. The molecule has 3 heterocycles. The molecule has 2 aromatic heterocycles. The maximum Gasteiger partial charge on any atom is 0.167 e. The van der Waals surface area contributed by atoms with E-state index in [1.165, 1.54) is 12.8 Å². The number of rotatable bonds is 6. The fraction of sp³-hybridized carbons (Fsp3) is 0.308. The molecule has 0 bridgehead atoms. The van der Waals surface area contributed by atoms with Crippen LogP contribution in [0.15, 0.2) is 42.5 Å². The Bertz CT molecular complexity index is 1370. The van der Waals surface area contributed by atoms with Crippen LogP contribution in [0.25, 0.3) is 43.6 Å². The number of nitrogens with two attached hydrogens (primary N) is 1. The number of hydrogen-bond donors (Lipinski definition) is 5. The zero-order valence-corrected chi connectivity index (χ0v) is 19.2. The van der Waals surface area contributed by atoms with Gasteiger partial charge in [0.15, 0.2) is 5.75 Å². The van der Waals surface area contributed by atoms with Gasteiger partial charge in [-0.1, -0.05) is 11.6 Å². The van der Waals surface area contributed by atoms with Gasteiger partial charge in [-0.15, -0.1) is 0 Å². The Balaban J connectivity index is 1.38. The molecule has 6 rings (SSSR count). The fourth-order valence-electron chi connectivity index (χ4n) is 5.07. The molecule has 6 nitrogen and oxygen atoms in total. The van der Waals surface area contributed by atoms with Crippen molar-refractivity contribution >= 4 is 60.9 Å². The standard InChI is InChI=1S/C26H28ClN5O/c27-15-2-4-22-18(12-15)20-14-21-19-13-16(28)3-5-23(19)32-25(21)26(24(20)31-22)33-11-1-8-30-17-6-9-29-10-7-17/h2-5,12-14,17,29-32H,1,6-11,28H2. The number of piperidine rings is 1. The first-order valence-corrected chi connectivity index (χ1v) is 12.1. The normalized spacial score (nSPS) is 15.3. The molecule has 0 saturated carbocycles. The van der Waals surface area contributed by atoms with Gasteiger partial charge in [0.25, 0.3) is 0 Å². The van der Waals surface area contributed by atoms with Gasteiger partial charge in [0, 0.05) is 49.3 Å². The van der Waals surface area contributed by atoms with E-state index in [0.717, 1.165) is 86.1 Å². The van der Waals surface area contributed by atoms with Crippen molar-refractivity contribution in [3.8, 4) is 5.75 Å². The Morgan fingerprint density at radius 1 is 0.909 bits per heavy atom. The van der Waals surface area contributed by atoms with E-state index in [9.17, 15) is 0 Å². The lowest BCUT2D eigenvalue weighted by atomic mass is 10.1. The second-order valence-electron chi connectivity index (χ2n) is 8.98. The van der Waals surface area contributed by atoms with Gasteiger partial charge in [0.1, 0.15) is 0 Å². The number of halogens is 1. The van der Waals surface area contributed by atoms with Crippen molar-refractivity contribution in [1.82, 2.24) is 20.6 Å². The van der Waals surface area contributed by atoms with Crippen LogP contribution in [0.4, 0.5) is 5.69 Å². The van der Waals surface area contributed by atoms with E-state index in [4.69, 9.17) is 22.1 Å². The minimum atomic E-state index is 0.610. The number of aromatic amines is 2. The number of nitrogen functional groups attached to an aromatic ring is 1. The van der Waals surface area contributed by atoms with Crippen molar-refractivity contribution in [3.05, 3.63) is 47.5 Å². The molecule has 3 aromatic carbocycles. The average Bonchev–Trinajstić information content (AvgIpc) is 3.37. The molecular weight excluding hydrogens is 434 g/mol. The van der Waals surface area contributed by atoms with E-state index in [1.807, 2.05) is 36.4 Å². The Morgan fingerprint density at radius 3 is 2.36 bits per heavy atom. The molecule has 1 saturated heterocycles. The molecule has 7 heteroatoms. The molecule has 1 fully saturated rings. The summed E-state index contributed by atoms with van der Waals surface area (Å²) in [6.07, 6.45) is 3.33. The maximum atomic E-state index is 6.46. The van der Waals surface area contributed by atoms with Crippen molar-refractivity contribution in [2.75, 3.05) is 32.0 Å². The lowest BCUT2D eigenvalue weighted by molar-refractivity contribution is 0.303. The summed E-state index contributed by atoms with van der Waals surface area (Å²) in [5, 5.41) is 12.2. The van der Waals surface area contributed by atoms with E-state index >= 15 is 0 Å². The summed E-state index contributed by atoms with van der Waals surface area (Å²) >= 11 is 6.33. The Hall–Kier alpha value is -2.93. The van der Waals surface area contributed by atoms with Crippen LogP contribution < -0.4 is 21.1 Å². The number of hydrogen-bond acceptors (Lipinski definition) is 4. The monoisotopic (exact) mass is 461 g/mol. The molecule has 5 aromatic rings. The minimum Gasteiger partial charge on any atom is -0.489 e. The third-order valence-corrected chi connectivity index (χ3v) is 6.98. The minimum absolute atomic E-state index is 0.610. The second kappa shape index (κ2) is 8.45. The van der Waals surface area contributed by atoms with Crippen molar-refractivity contribution in [2.45, 2.75) is 25.3 Å². The molecule has 6 N–H and O–H groups in total. The van der Waals surface area contributed by atoms with Crippen molar-refractivity contribution in [2.24, 2.45) is 0 Å². The van der Waals surface area contributed by atoms with Crippen LogP contribution in [0.2, 0.25) is 5.02 Å². The Labute approximate surface area is 196 Å². The lowest BCUT2D eigenvalue weighted by Gasteiger charge is -2.23. The lowest BCUT2D eigenvalue weighted by Crippen LogP contribution is -2.40. The first-order valence-electron chi connectivity index (χ1n) is 11.7. The summed E-state index contributed by atoms with van der Waals surface area (Å²) in [5.41, 5.74) is 10.9. The molecule has 0 radical (unpaired) electrons. The number of aromatic nitrogens is 2. The van der Waals surface area contributed by atoms with E-state index in [2.05, 4.69) is 26.7 Å². The summed E-state index contributed by atoms with van der Waals surface area (Å²) in [4.78, 5) is 7.13. The van der Waals surface area contributed by atoms with Gasteiger partial charge in [0.2, 0.25) is 0 Å². The summed E-state index contributed by atoms with van der Waals surface area (Å²) in [5.74, 6) is 0.853.